The minimum absolute atomic E-state index is 0.00502. The molecule has 3 amide bonds. The number of rotatable bonds is 18. The maximum absolute atomic E-state index is 15.0. The normalized spacial score (nSPS) is 21.6. The zero-order valence-corrected chi connectivity index (χ0v) is 35.8. The van der Waals surface area contributed by atoms with E-state index < -0.39 is 74.1 Å². The first-order valence-electron chi connectivity index (χ1n) is 20.2. The second kappa shape index (κ2) is 17.5. The van der Waals surface area contributed by atoms with Crippen LogP contribution in [-0.2, 0) is 33.9 Å². The highest BCUT2D eigenvalue weighted by molar-refractivity contribution is 7.91. The highest BCUT2D eigenvalue weighted by Crippen LogP contribution is 2.46. The van der Waals surface area contributed by atoms with Crippen LogP contribution >= 0.6 is 0 Å². The third kappa shape index (κ3) is 9.83. The van der Waals surface area contributed by atoms with Crippen molar-refractivity contribution in [2.24, 2.45) is 11.8 Å². The Kier molecular flexibility index (Phi) is 12.8. The van der Waals surface area contributed by atoms with Crippen LogP contribution in [0.25, 0.3) is 22.2 Å². The fraction of sp³-hybridized carbons (Fsp3) is 0.444. The van der Waals surface area contributed by atoms with Crippen LogP contribution in [-0.4, -0.2) is 102 Å². The molecule has 0 radical (unpaired) electrons. The minimum Gasteiger partial charge on any atom is -0.497 e. The lowest BCUT2D eigenvalue weighted by Crippen LogP contribution is -2.57. The van der Waals surface area contributed by atoms with Crippen molar-refractivity contribution in [3.63, 3.8) is 0 Å². The number of methoxy groups -OCH3 is 1. The number of carbonyl (C=O) groups excluding carboxylic acids is 4. The number of ether oxygens (including phenoxy) is 3. The molecule has 1 aliphatic heterocycles. The lowest BCUT2D eigenvalue weighted by molar-refractivity contribution is -0.159. The van der Waals surface area contributed by atoms with Crippen LogP contribution in [0.1, 0.15) is 59.8 Å². The highest BCUT2D eigenvalue weighted by Gasteiger charge is 2.62. The highest BCUT2D eigenvalue weighted by atomic mass is 32.2. The van der Waals surface area contributed by atoms with Gasteiger partial charge in [0.15, 0.2) is 0 Å². The Morgan fingerprint density at radius 3 is 2.40 bits per heavy atom. The summed E-state index contributed by atoms with van der Waals surface area (Å²) >= 11 is 0. The van der Waals surface area contributed by atoms with E-state index in [1.54, 1.807) is 46.1 Å². The van der Waals surface area contributed by atoms with Gasteiger partial charge in [-0.05, 0) is 65.2 Å². The van der Waals surface area contributed by atoms with E-state index in [4.69, 9.17) is 19.2 Å². The number of benzene rings is 2. The van der Waals surface area contributed by atoms with Gasteiger partial charge >= 0.3 is 5.97 Å². The average molecular weight is 842 g/mol. The molecule has 15 heteroatoms. The number of nitrogens with one attached hydrogen (secondary N) is 2. The van der Waals surface area contributed by atoms with Gasteiger partial charge < -0.3 is 29.3 Å². The van der Waals surface area contributed by atoms with Gasteiger partial charge in [0.05, 0.1) is 42.5 Å². The standard InChI is InChI=1S/C45H55N5O9S/c1-9-28(4)49(11-3)26-30(21-40(51)59-44(5,6)7)42(53)50-27-33(23-38(50)41(52)47-45(25-31(45)10-2)43(54)48-60(55,56)34-18-19-34)58-39-24-36(29-15-13-12-14-16-29)46-37-22-32(57-8)17-20-35(37)39/h9-10,12-17,20,22,24,30-31,33-34,38H,1-2,4,11,18-19,21,23,25-27H2,3,5-8H3,(H,47,52)(H,48,54)/t30-,31+,33+,38-,45+/m0/s1. The van der Waals surface area contributed by atoms with Gasteiger partial charge in [0.2, 0.25) is 21.8 Å². The van der Waals surface area contributed by atoms with E-state index in [2.05, 4.69) is 29.8 Å². The molecule has 0 bridgehead atoms. The van der Waals surface area contributed by atoms with Crippen molar-refractivity contribution in [1.29, 1.82) is 0 Å². The smallest absolute Gasteiger partial charge is 0.307 e. The fourth-order valence-corrected chi connectivity index (χ4v) is 8.99. The Morgan fingerprint density at radius 2 is 1.80 bits per heavy atom. The van der Waals surface area contributed by atoms with E-state index in [1.165, 1.54) is 11.0 Å². The molecular formula is C45H55N5O9S. The van der Waals surface area contributed by atoms with Gasteiger partial charge in [0.1, 0.15) is 34.8 Å². The number of sulfonamides is 1. The number of pyridine rings is 1. The van der Waals surface area contributed by atoms with Crippen molar-refractivity contribution in [2.45, 2.75) is 88.3 Å². The van der Waals surface area contributed by atoms with Crippen molar-refractivity contribution < 1.29 is 41.8 Å². The van der Waals surface area contributed by atoms with Crippen molar-refractivity contribution in [3.8, 4) is 22.8 Å². The zero-order valence-electron chi connectivity index (χ0n) is 34.9. The molecule has 0 spiro atoms. The summed E-state index contributed by atoms with van der Waals surface area (Å²) in [5.41, 5.74) is 0.208. The number of hydrogen-bond donors (Lipinski definition) is 2. The molecule has 320 valence electrons. The largest absolute Gasteiger partial charge is 0.497 e. The van der Waals surface area contributed by atoms with Crippen molar-refractivity contribution in [1.82, 2.24) is 24.8 Å². The van der Waals surface area contributed by atoms with Gasteiger partial charge in [-0.2, -0.15) is 0 Å². The molecule has 1 aromatic heterocycles. The summed E-state index contributed by atoms with van der Waals surface area (Å²) in [5, 5.41) is 2.84. The number of carbonyl (C=O) groups is 4. The van der Waals surface area contributed by atoms with Gasteiger partial charge in [-0.15, -0.1) is 6.58 Å². The number of aromatic nitrogens is 1. The average Bonchev–Trinajstić information content (AvgIpc) is 4.15. The predicted octanol–water partition coefficient (Wildman–Crippen LogP) is 5.30. The monoisotopic (exact) mass is 841 g/mol. The summed E-state index contributed by atoms with van der Waals surface area (Å²) in [6.45, 7) is 19.2. The second-order valence-electron chi connectivity index (χ2n) is 16.6. The summed E-state index contributed by atoms with van der Waals surface area (Å²) in [6, 6.07) is 15.6. The number of esters is 1. The Bertz CT molecular complexity index is 2290. The Morgan fingerprint density at radius 1 is 1.08 bits per heavy atom. The molecule has 6 rings (SSSR count). The van der Waals surface area contributed by atoms with E-state index in [1.807, 2.05) is 54.3 Å². The number of allylic oxidation sites excluding steroid dienone is 1. The molecule has 3 fully saturated rings. The Hall–Kier alpha value is -5.70. The molecule has 5 atom stereocenters. The summed E-state index contributed by atoms with van der Waals surface area (Å²) in [6.07, 6.45) is 3.04. The molecule has 14 nitrogen and oxygen atoms in total. The summed E-state index contributed by atoms with van der Waals surface area (Å²) in [4.78, 5) is 64.7. The number of nitrogens with zero attached hydrogens (tertiary/aromatic N) is 3. The van der Waals surface area contributed by atoms with E-state index in [9.17, 15) is 27.6 Å². The Labute approximate surface area is 352 Å². The first-order chi connectivity index (χ1) is 28.4. The van der Waals surface area contributed by atoms with Gasteiger partial charge in [-0.1, -0.05) is 49.6 Å². The summed E-state index contributed by atoms with van der Waals surface area (Å²) in [7, 11) is -2.37. The van der Waals surface area contributed by atoms with Crippen LogP contribution in [0, 0.1) is 11.8 Å². The summed E-state index contributed by atoms with van der Waals surface area (Å²) in [5.74, 6) is -3.13. The lowest BCUT2D eigenvalue weighted by atomic mass is 10.0. The first kappa shape index (κ1) is 43.9. The maximum atomic E-state index is 15.0. The molecule has 2 aromatic carbocycles. The van der Waals surface area contributed by atoms with Gasteiger partial charge in [0, 0.05) is 54.2 Å². The van der Waals surface area contributed by atoms with Crippen LogP contribution in [0.3, 0.4) is 0 Å². The predicted molar refractivity (Wildman–Crippen MR) is 228 cm³/mol. The third-order valence-corrected chi connectivity index (χ3v) is 12.9. The van der Waals surface area contributed by atoms with Gasteiger partial charge in [0.25, 0.3) is 5.91 Å². The van der Waals surface area contributed by atoms with Crippen molar-refractivity contribution in [3.05, 3.63) is 92.2 Å². The molecule has 3 aliphatic rings. The minimum atomic E-state index is -3.93. The molecule has 1 saturated heterocycles. The van der Waals surface area contributed by atoms with Gasteiger partial charge in [-0.25, -0.2) is 13.4 Å². The lowest BCUT2D eigenvalue weighted by Gasteiger charge is -2.33. The molecule has 0 unspecified atom stereocenters. The number of likely N-dealkylation sites (tertiary alicyclic amines) is 1. The van der Waals surface area contributed by atoms with Crippen LogP contribution in [0.2, 0.25) is 0 Å². The first-order valence-corrected chi connectivity index (χ1v) is 21.8. The number of amides is 3. The fourth-order valence-electron chi connectivity index (χ4n) is 7.62. The molecule has 2 N–H and O–H groups in total. The molecule has 2 aliphatic carbocycles. The van der Waals surface area contributed by atoms with E-state index in [-0.39, 0.29) is 32.4 Å². The van der Waals surface area contributed by atoms with Gasteiger partial charge in [-0.3, -0.25) is 23.9 Å². The summed E-state index contributed by atoms with van der Waals surface area (Å²) < 4.78 is 45.8. The topological polar surface area (TPSA) is 174 Å². The Balaban J connectivity index is 1.37. The third-order valence-electron chi connectivity index (χ3n) is 11.1. The number of hydrogen-bond acceptors (Lipinski definition) is 11. The SMILES string of the molecule is C=CC(=C)N(CC)C[C@H](CC(=O)OC(C)(C)C)C(=O)N1C[C@H](Oc2cc(-c3ccccc3)nc3cc(OC)ccc23)C[C@H]1C(=O)N[C@]1(C(=O)NS(=O)(=O)C2CC2)C[C@H]1C=C. The van der Waals surface area contributed by atoms with Crippen molar-refractivity contribution in [2.75, 3.05) is 26.7 Å². The molecular weight excluding hydrogens is 787 g/mol. The molecule has 3 aromatic rings. The van der Waals surface area contributed by atoms with E-state index >= 15 is 0 Å². The van der Waals surface area contributed by atoms with E-state index in [0.717, 1.165) is 5.56 Å². The number of likely N-dealkylation sites (N-methyl/N-ethyl adjacent to an activating group) is 1. The molecule has 60 heavy (non-hydrogen) atoms. The van der Waals surface area contributed by atoms with Crippen molar-refractivity contribution >= 4 is 44.6 Å². The van der Waals surface area contributed by atoms with Crippen LogP contribution in [0.15, 0.2) is 92.2 Å². The maximum Gasteiger partial charge on any atom is 0.307 e. The molecule has 2 saturated carbocycles. The van der Waals surface area contributed by atoms with Crippen LogP contribution in [0.4, 0.5) is 0 Å². The molecule has 2 heterocycles. The van der Waals surface area contributed by atoms with E-state index in [0.29, 0.717) is 53.2 Å². The van der Waals surface area contributed by atoms with Crippen LogP contribution < -0.4 is 19.5 Å². The second-order valence-corrected chi connectivity index (χ2v) is 18.6. The van der Waals surface area contributed by atoms with Crippen LogP contribution in [0.5, 0.6) is 11.5 Å². The zero-order chi connectivity index (χ0) is 43.6. The number of fused-ring (bicyclic) bond motifs is 1. The quantitative estimate of drug-likeness (QED) is 0.0968.